The molecular formula is C11H15NO5. The third-order valence-electron chi connectivity index (χ3n) is 2.11. The van der Waals surface area contributed by atoms with Crippen molar-refractivity contribution in [3.05, 3.63) is 33.9 Å². The predicted molar refractivity (Wildman–Crippen MR) is 61.0 cm³/mol. The summed E-state index contributed by atoms with van der Waals surface area (Å²) < 4.78 is 10.5. The molecule has 0 fully saturated rings. The van der Waals surface area contributed by atoms with Crippen LogP contribution in [-0.2, 0) is 11.3 Å². The lowest BCUT2D eigenvalue weighted by molar-refractivity contribution is -0.385. The number of nitro groups is 1. The second-order valence-electron chi connectivity index (χ2n) is 3.25. The van der Waals surface area contributed by atoms with Gasteiger partial charge in [0, 0.05) is 24.3 Å². The number of ether oxygens (including phenoxy) is 2. The minimum absolute atomic E-state index is 0.0637. The zero-order valence-electron chi connectivity index (χ0n) is 9.59. The van der Waals surface area contributed by atoms with Crippen molar-refractivity contribution in [1.29, 1.82) is 0 Å². The van der Waals surface area contributed by atoms with Crippen LogP contribution in [0.3, 0.4) is 0 Å². The van der Waals surface area contributed by atoms with E-state index < -0.39 is 4.92 Å². The van der Waals surface area contributed by atoms with Crippen LogP contribution in [0.4, 0.5) is 5.69 Å². The average Bonchev–Trinajstić information content (AvgIpc) is 2.34. The fourth-order valence-corrected chi connectivity index (χ4v) is 1.30. The van der Waals surface area contributed by atoms with Gasteiger partial charge in [0.25, 0.3) is 5.69 Å². The van der Waals surface area contributed by atoms with E-state index in [2.05, 4.69) is 0 Å². The number of hydrogen-bond acceptors (Lipinski definition) is 5. The molecule has 0 aromatic heterocycles. The minimum Gasteiger partial charge on any atom is -0.491 e. The molecule has 0 aliphatic carbocycles. The van der Waals surface area contributed by atoms with Crippen LogP contribution in [0.2, 0.25) is 0 Å². The fraction of sp³-hybridized carbons (Fsp3) is 0.455. The van der Waals surface area contributed by atoms with Crippen molar-refractivity contribution in [1.82, 2.24) is 0 Å². The van der Waals surface area contributed by atoms with Crippen molar-refractivity contribution in [2.75, 3.05) is 19.8 Å². The van der Waals surface area contributed by atoms with Gasteiger partial charge >= 0.3 is 0 Å². The molecule has 0 saturated heterocycles. The van der Waals surface area contributed by atoms with E-state index in [1.54, 1.807) is 0 Å². The van der Waals surface area contributed by atoms with Gasteiger partial charge in [0.05, 0.1) is 18.1 Å². The maximum absolute atomic E-state index is 10.5. The zero-order chi connectivity index (χ0) is 12.7. The zero-order valence-corrected chi connectivity index (χ0v) is 9.59. The third-order valence-corrected chi connectivity index (χ3v) is 2.11. The fourth-order valence-electron chi connectivity index (χ4n) is 1.30. The van der Waals surface area contributed by atoms with Gasteiger partial charge in [-0.25, -0.2) is 0 Å². The van der Waals surface area contributed by atoms with Crippen LogP contribution in [0.1, 0.15) is 12.5 Å². The number of hydrogen-bond donors (Lipinski definition) is 1. The van der Waals surface area contributed by atoms with Crippen molar-refractivity contribution < 1.29 is 19.5 Å². The normalized spacial score (nSPS) is 10.2. The summed E-state index contributed by atoms with van der Waals surface area (Å²) in [5.74, 6) is 0.442. The Morgan fingerprint density at radius 3 is 2.76 bits per heavy atom. The number of benzene rings is 1. The smallest absolute Gasteiger partial charge is 0.270 e. The van der Waals surface area contributed by atoms with Gasteiger partial charge in [-0.1, -0.05) is 0 Å². The SMILES string of the molecule is CCOCCOc1ccc([N+](=O)[O-])cc1CO. The molecule has 0 radical (unpaired) electrons. The molecule has 0 heterocycles. The van der Waals surface area contributed by atoms with E-state index in [1.165, 1.54) is 18.2 Å². The van der Waals surface area contributed by atoms with Gasteiger partial charge < -0.3 is 14.6 Å². The summed E-state index contributed by atoms with van der Waals surface area (Å²) >= 11 is 0. The maximum atomic E-state index is 10.5. The van der Waals surface area contributed by atoms with Crippen molar-refractivity contribution in [2.24, 2.45) is 0 Å². The van der Waals surface area contributed by atoms with E-state index in [0.717, 1.165) is 0 Å². The first-order chi connectivity index (χ1) is 8.19. The molecule has 0 saturated carbocycles. The van der Waals surface area contributed by atoms with Crippen LogP contribution in [0.5, 0.6) is 5.75 Å². The molecule has 1 aromatic carbocycles. The highest BCUT2D eigenvalue weighted by molar-refractivity contribution is 5.43. The second-order valence-corrected chi connectivity index (χ2v) is 3.25. The number of nitrogens with zero attached hydrogens (tertiary/aromatic N) is 1. The third kappa shape index (κ3) is 4.01. The van der Waals surface area contributed by atoms with E-state index in [4.69, 9.17) is 14.6 Å². The van der Waals surface area contributed by atoms with Crippen LogP contribution in [0.15, 0.2) is 18.2 Å². The first kappa shape index (κ1) is 13.4. The Bertz CT molecular complexity index is 380. The molecule has 0 aliphatic heterocycles. The van der Waals surface area contributed by atoms with Crippen LogP contribution in [-0.4, -0.2) is 29.9 Å². The molecule has 0 bridgehead atoms. The van der Waals surface area contributed by atoms with Gasteiger partial charge in [-0.15, -0.1) is 0 Å². The summed E-state index contributed by atoms with van der Waals surface area (Å²) in [6, 6.07) is 4.13. The van der Waals surface area contributed by atoms with Crippen LogP contribution >= 0.6 is 0 Å². The molecule has 0 amide bonds. The molecule has 0 atom stereocenters. The van der Waals surface area contributed by atoms with E-state index in [9.17, 15) is 10.1 Å². The van der Waals surface area contributed by atoms with Crippen molar-refractivity contribution >= 4 is 5.69 Å². The highest BCUT2D eigenvalue weighted by atomic mass is 16.6. The monoisotopic (exact) mass is 241 g/mol. The number of nitro benzene ring substituents is 1. The molecule has 0 spiro atoms. The summed E-state index contributed by atoms with van der Waals surface area (Å²) in [6.45, 7) is 2.98. The van der Waals surface area contributed by atoms with Crippen molar-refractivity contribution in [2.45, 2.75) is 13.5 Å². The van der Waals surface area contributed by atoms with Gasteiger partial charge in [0.15, 0.2) is 0 Å². The molecule has 0 unspecified atom stereocenters. The lowest BCUT2D eigenvalue weighted by Gasteiger charge is -2.09. The quantitative estimate of drug-likeness (QED) is 0.444. The second kappa shape index (κ2) is 6.82. The van der Waals surface area contributed by atoms with Crippen molar-refractivity contribution in [3.63, 3.8) is 0 Å². The Labute approximate surface area is 98.9 Å². The average molecular weight is 241 g/mol. The number of non-ortho nitro benzene ring substituents is 1. The number of aliphatic hydroxyl groups is 1. The van der Waals surface area contributed by atoms with E-state index in [0.29, 0.717) is 31.1 Å². The Morgan fingerprint density at radius 1 is 1.41 bits per heavy atom. The van der Waals surface area contributed by atoms with Gasteiger partial charge in [-0.3, -0.25) is 10.1 Å². The molecule has 6 nitrogen and oxygen atoms in total. The number of aliphatic hydroxyl groups excluding tert-OH is 1. The van der Waals surface area contributed by atoms with E-state index >= 15 is 0 Å². The van der Waals surface area contributed by atoms with Crippen LogP contribution < -0.4 is 4.74 Å². The summed E-state index contributed by atoms with van der Waals surface area (Å²) in [4.78, 5) is 10.0. The highest BCUT2D eigenvalue weighted by Crippen LogP contribution is 2.24. The summed E-state index contributed by atoms with van der Waals surface area (Å²) in [7, 11) is 0. The molecule has 0 aliphatic rings. The summed E-state index contributed by atoms with van der Waals surface area (Å²) in [5, 5.41) is 19.6. The molecule has 1 N–H and O–H groups in total. The summed E-state index contributed by atoms with van der Waals surface area (Å²) in [6.07, 6.45) is 0. The molecule has 17 heavy (non-hydrogen) atoms. The first-order valence-electron chi connectivity index (χ1n) is 5.27. The van der Waals surface area contributed by atoms with Gasteiger partial charge in [-0.05, 0) is 13.0 Å². The number of rotatable bonds is 7. The summed E-state index contributed by atoms with van der Waals surface area (Å²) in [5.41, 5.74) is 0.335. The molecule has 1 rings (SSSR count). The van der Waals surface area contributed by atoms with Gasteiger partial charge in [-0.2, -0.15) is 0 Å². The van der Waals surface area contributed by atoms with Crippen LogP contribution in [0.25, 0.3) is 0 Å². The molecule has 94 valence electrons. The first-order valence-corrected chi connectivity index (χ1v) is 5.27. The molecule has 6 heteroatoms. The van der Waals surface area contributed by atoms with Crippen molar-refractivity contribution in [3.8, 4) is 5.75 Å². The standard InChI is InChI=1S/C11H15NO5/c1-2-16-5-6-17-11-4-3-10(12(14)15)7-9(11)8-13/h3-4,7,13H,2,5-6,8H2,1H3. The Morgan fingerprint density at radius 2 is 2.18 bits per heavy atom. The highest BCUT2D eigenvalue weighted by Gasteiger charge is 2.10. The molecular weight excluding hydrogens is 226 g/mol. The lowest BCUT2D eigenvalue weighted by Crippen LogP contribution is -2.07. The Hall–Kier alpha value is -1.66. The van der Waals surface area contributed by atoms with Gasteiger partial charge in [0.2, 0.25) is 0 Å². The Kier molecular flexibility index (Phi) is 5.38. The predicted octanol–water partition coefficient (Wildman–Crippen LogP) is 1.50. The van der Waals surface area contributed by atoms with Crippen LogP contribution in [0, 0.1) is 10.1 Å². The van der Waals surface area contributed by atoms with E-state index in [1.807, 2.05) is 6.92 Å². The maximum Gasteiger partial charge on any atom is 0.270 e. The van der Waals surface area contributed by atoms with E-state index in [-0.39, 0.29) is 12.3 Å². The lowest BCUT2D eigenvalue weighted by atomic mass is 10.2. The largest absolute Gasteiger partial charge is 0.491 e. The molecule has 1 aromatic rings. The Balaban J connectivity index is 2.68. The van der Waals surface area contributed by atoms with Gasteiger partial charge in [0.1, 0.15) is 12.4 Å². The minimum atomic E-state index is -0.511. The topological polar surface area (TPSA) is 81.8 Å².